The first-order valence-corrected chi connectivity index (χ1v) is 12.1. The first-order valence-electron chi connectivity index (χ1n) is 11.3. The molecule has 1 aliphatic heterocycles. The van der Waals surface area contributed by atoms with E-state index in [1.807, 2.05) is 19.1 Å². The minimum absolute atomic E-state index is 0.0132. The molecule has 2 fully saturated rings. The van der Waals surface area contributed by atoms with E-state index in [4.69, 9.17) is 9.47 Å². The zero-order valence-corrected chi connectivity index (χ0v) is 20.4. The number of halogens is 1. The average molecular weight is 540 g/mol. The Labute approximate surface area is 209 Å². The highest BCUT2D eigenvalue weighted by molar-refractivity contribution is 9.10. The summed E-state index contributed by atoms with van der Waals surface area (Å²) in [5.74, 6) is 0.0387. The standard InChI is InChI=1S/C25H22BrN3O6/c1-2-34-20-10-15(9-19(26)23(20)35-13-14-4-3-5-18(8-14)29(32)33)12-27-28-24(30)21-16-6-7-17(11-16)22(21)25(28)31/h3-10,12,16-17,21-22H,2,11,13H2,1H3/t16-,17-,21-,22+/m0/s1. The maximum absolute atomic E-state index is 12.8. The molecule has 2 aliphatic carbocycles. The number of hydrogen-bond donors (Lipinski definition) is 0. The highest BCUT2D eigenvalue weighted by Crippen LogP contribution is 2.52. The Balaban J connectivity index is 1.34. The molecule has 180 valence electrons. The zero-order valence-electron chi connectivity index (χ0n) is 18.8. The van der Waals surface area contributed by atoms with Gasteiger partial charge in [0.15, 0.2) is 11.5 Å². The molecular weight excluding hydrogens is 518 g/mol. The van der Waals surface area contributed by atoms with Crippen LogP contribution in [0.5, 0.6) is 11.5 Å². The smallest absolute Gasteiger partial charge is 0.269 e. The van der Waals surface area contributed by atoms with Gasteiger partial charge in [0.1, 0.15) is 6.61 Å². The summed E-state index contributed by atoms with van der Waals surface area (Å²) in [6.45, 7) is 2.31. The number of hydrazone groups is 1. The maximum atomic E-state index is 12.8. The number of ether oxygens (including phenoxy) is 2. The van der Waals surface area contributed by atoms with Gasteiger partial charge in [0.05, 0.1) is 34.1 Å². The van der Waals surface area contributed by atoms with E-state index < -0.39 is 4.92 Å². The van der Waals surface area contributed by atoms with Gasteiger partial charge in [-0.3, -0.25) is 19.7 Å². The van der Waals surface area contributed by atoms with Gasteiger partial charge in [0.2, 0.25) is 0 Å². The van der Waals surface area contributed by atoms with Crippen LogP contribution in [0.1, 0.15) is 24.5 Å². The van der Waals surface area contributed by atoms with Crippen molar-refractivity contribution in [1.82, 2.24) is 5.01 Å². The molecule has 1 saturated carbocycles. The van der Waals surface area contributed by atoms with Crippen molar-refractivity contribution in [2.45, 2.75) is 20.0 Å². The third-order valence-electron chi connectivity index (χ3n) is 6.61. The van der Waals surface area contributed by atoms with Crippen molar-refractivity contribution < 1.29 is 24.0 Å². The number of amides is 2. The van der Waals surface area contributed by atoms with E-state index in [2.05, 4.69) is 21.0 Å². The lowest BCUT2D eigenvalue weighted by atomic mass is 9.85. The van der Waals surface area contributed by atoms with Gasteiger partial charge >= 0.3 is 0 Å². The van der Waals surface area contributed by atoms with Crippen LogP contribution in [-0.2, 0) is 16.2 Å². The molecule has 2 bridgehead atoms. The Morgan fingerprint density at radius 3 is 2.51 bits per heavy atom. The lowest BCUT2D eigenvalue weighted by Gasteiger charge is -2.15. The van der Waals surface area contributed by atoms with Crippen molar-refractivity contribution in [3.63, 3.8) is 0 Å². The summed E-state index contributed by atoms with van der Waals surface area (Å²) in [5, 5.41) is 16.3. The van der Waals surface area contributed by atoms with Crippen LogP contribution in [0.2, 0.25) is 0 Å². The van der Waals surface area contributed by atoms with Gasteiger partial charge in [-0.2, -0.15) is 10.1 Å². The third-order valence-corrected chi connectivity index (χ3v) is 7.19. The highest BCUT2D eigenvalue weighted by atomic mass is 79.9. The molecule has 0 unspecified atom stereocenters. The van der Waals surface area contributed by atoms with E-state index in [0.717, 1.165) is 11.4 Å². The van der Waals surface area contributed by atoms with Crippen molar-refractivity contribution in [2.75, 3.05) is 6.61 Å². The molecule has 5 rings (SSSR count). The van der Waals surface area contributed by atoms with Gasteiger partial charge in [0, 0.05) is 12.1 Å². The number of nitrogens with zero attached hydrogens (tertiary/aromatic N) is 3. The quantitative estimate of drug-likeness (QED) is 0.161. The number of carbonyl (C=O) groups excluding carboxylic acids is 2. The summed E-state index contributed by atoms with van der Waals surface area (Å²) in [5.41, 5.74) is 1.24. The van der Waals surface area contributed by atoms with E-state index >= 15 is 0 Å². The number of nitro groups is 1. The number of rotatable bonds is 8. The summed E-state index contributed by atoms with van der Waals surface area (Å²) in [6.07, 6.45) is 6.42. The number of carbonyl (C=O) groups is 2. The molecule has 3 aliphatic rings. The van der Waals surface area contributed by atoms with Gasteiger partial charge in [-0.05, 0) is 64.4 Å². The molecule has 0 aromatic heterocycles. The first-order chi connectivity index (χ1) is 16.9. The van der Waals surface area contributed by atoms with Crippen LogP contribution in [-0.4, -0.2) is 34.6 Å². The van der Waals surface area contributed by atoms with Crippen LogP contribution >= 0.6 is 15.9 Å². The normalized spacial score (nSPS) is 24.5. The Bertz CT molecular complexity index is 1250. The molecule has 4 atom stereocenters. The van der Waals surface area contributed by atoms with Crippen molar-refractivity contribution >= 4 is 39.6 Å². The molecular formula is C25H22BrN3O6. The van der Waals surface area contributed by atoms with Crippen LogP contribution in [0.3, 0.4) is 0 Å². The van der Waals surface area contributed by atoms with E-state index in [1.165, 1.54) is 18.3 Å². The number of benzene rings is 2. The zero-order chi connectivity index (χ0) is 24.7. The van der Waals surface area contributed by atoms with Gasteiger partial charge in [-0.1, -0.05) is 24.3 Å². The van der Waals surface area contributed by atoms with Crippen molar-refractivity contribution in [1.29, 1.82) is 0 Å². The summed E-state index contributed by atoms with van der Waals surface area (Å²) in [7, 11) is 0. The molecule has 1 saturated heterocycles. The summed E-state index contributed by atoms with van der Waals surface area (Å²) >= 11 is 3.49. The predicted molar refractivity (Wildman–Crippen MR) is 130 cm³/mol. The van der Waals surface area contributed by atoms with Crippen LogP contribution in [0, 0.1) is 33.8 Å². The van der Waals surface area contributed by atoms with Crippen LogP contribution in [0.15, 0.2) is 58.1 Å². The van der Waals surface area contributed by atoms with Gasteiger partial charge in [0.25, 0.3) is 17.5 Å². The summed E-state index contributed by atoms with van der Waals surface area (Å²) in [6, 6.07) is 9.67. The number of nitro benzene ring substituents is 1. The largest absolute Gasteiger partial charge is 0.490 e. The Kier molecular flexibility index (Phi) is 6.14. The van der Waals surface area contributed by atoms with E-state index in [0.29, 0.717) is 33.7 Å². The molecule has 1 heterocycles. The Morgan fingerprint density at radius 1 is 1.14 bits per heavy atom. The molecule has 2 aromatic rings. The van der Waals surface area contributed by atoms with Gasteiger partial charge in [-0.25, -0.2) is 0 Å². The fourth-order valence-electron chi connectivity index (χ4n) is 5.11. The van der Waals surface area contributed by atoms with Crippen LogP contribution in [0.4, 0.5) is 5.69 Å². The Morgan fingerprint density at radius 2 is 1.86 bits per heavy atom. The monoisotopic (exact) mass is 539 g/mol. The molecule has 0 radical (unpaired) electrons. The highest BCUT2D eigenvalue weighted by Gasteiger charge is 2.59. The van der Waals surface area contributed by atoms with Crippen molar-refractivity contribution in [3.05, 3.63) is 74.3 Å². The Hall–Kier alpha value is -3.53. The van der Waals surface area contributed by atoms with Crippen LogP contribution in [0.25, 0.3) is 0 Å². The fourth-order valence-corrected chi connectivity index (χ4v) is 5.68. The molecule has 2 amide bonds. The SMILES string of the molecule is CCOc1cc(C=NN2C(=O)[C@@H]3[C@H](C2=O)[C@H]2C=C[C@H]3C2)cc(Br)c1OCc1cccc([N+](=O)[O-])c1. The molecule has 2 aromatic carbocycles. The molecule has 0 spiro atoms. The minimum Gasteiger partial charge on any atom is -0.490 e. The van der Waals surface area contributed by atoms with E-state index in [9.17, 15) is 19.7 Å². The summed E-state index contributed by atoms with van der Waals surface area (Å²) in [4.78, 5) is 36.3. The van der Waals surface area contributed by atoms with Gasteiger partial charge in [-0.15, -0.1) is 0 Å². The fraction of sp³-hybridized carbons (Fsp3) is 0.320. The lowest BCUT2D eigenvalue weighted by Crippen LogP contribution is -2.28. The number of imide groups is 1. The first kappa shape index (κ1) is 23.2. The lowest BCUT2D eigenvalue weighted by molar-refractivity contribution is -0.384. The molecule has 9 nitrogen and oxygen atoms in total. The molecule has 10 heteroatoms. The van der Waals surface area contributed by atoms with E-state index in [1.54, 1.807) is 24.3 Å². The molecule has 0 N–H and O–H groups in total. The van der Waals surface area contributed by atoms with Crippen molar-refractivity contribution in [3.8, 4) is 11.5 Å². The van der Waals surface area contributed by atoms with Crippen molar-refractivity contribution in [2.24, 2.45) is 28.8 Å². The van der Waals surface area contributed by atoms with E-state index in [-0.39, 0.29) is 47.8 Å². The number of fused-ring (bicyclic) bond motifs is 5. The number of allylic oxidation sites excluding steroid dienone is 2. The molecule has 35 heavy (non-hydrogen) atoms. The topological polar surface area (TPSA) is 111 Å². The number of hydrogen-bond acceptors (Lipinski definition) is 7. The second-order valence-electron chi connectivity index (χ2n) is 8.71. The third kappa shape index (κ3) is 4.22. The predicted octanol–water partition coefficient (Wildman–Crippen LogP) is 4.48. The maximum Gasteiger partial charge on any atom is 0.269 e. The average Bonchev–Trinajstić information content (AvgIpc) is 3.52. The second kappa shape index (κ2) is 9.26. The van der Waals surface area contributed by atoms with Gasteiger partial charge < -0.3 is 9.47 Å². The number of non-ortho nitro benzene ring substituents is 1. The second-order valence-corrected chi connectivity index (χ2v) is 9.57. The summed E-state index contributed by atoms with van der Waals surface area (Å²) < 4.78 is 12.2. The minimum atomic E-state index is -0.455. The van der Waals surface area contributed by atoms with Crippen LogP contribution < -0.4 is 9.47 Å².